The molecule has 0 saturated heterocycles. The van der Waals surface area contributed by atoms with E-state index in [-0.39, 0.29) is 11.8 Å². The van der Waals surface area contributed by atoms with Gasteiger partial charge in [0.05, 0.1) is 22.7 Å². The Kier molecular flexibility index (Phi) is 11.5. The number of hydrogen-bond acceptors (Lipinski definition) is 4. The number of para-hydroxylation sites is 4. The average molecular weight is 1040 g/mol. The van der Waals surface area contributed by atoms with Crippen LogP contribution in [0.1, 0.15) is 84.0 Å². The van der Waals surface area contributed by atoms with Crippen LogP contribution in [0.15, 0.2) is 203 Å². The van der Waals surface area contributed by atoms with Gasteiger partial charge in [-0.05, 0) is 167 Å². The molecule has 14 aromatic rings. The molecule has 390 valence electrons. The molecule has 0 radical (unpaired) electrons. The third-order valence-corrected chi connectivity index (χ3v) is 17.2. The lowest BCUT2D eigenvalue weighted by atomic mass is 9.84. The molecule has 0 fully saturated rings. The van der Waals surface area contributed by atoms with Crippen LogP contribution in [0.4, 0.5) is 34.1 Å². The lowest BCUT2D eigenvalue weighted by Gasteiger charge is -2.32. The Morgan fingerprint density at radius 2 is 0.637 bits per heavy atom. The number of rotatable bonds is 10. The van der Waals surface area contributed by atoms with Gasteiger partial charge in [-0.3, -0.25) is 0 Å². The summed E-state index contributed by atoms with van der Waals surface area (Å²) in [6, 6.07) is 72.1. The van der Waals surface area contributed by atoms with Crippen molar-refractivity contribution in [2.24, 2.45) is 0 Å². The van der Waals surface area contributed by atoms with Gasteiger partial charge >= 0.3 is 0 Å². The molecule has 0 amide bonds. The van der Waals surface area contributed by atoms with Gasteiger partial charge in [0.2, 0.25) is 0 Å². The van der Waals surface area contributed by atoms with E-state index in [4.69, 9.17) is 8.83 Å². The maximum absolute atomic E-state index is 7.34. The number of anilines is 6. The fourth-order valence-corrected chi connectivity index (χ4v) is 13.2. The van der Waals surface area contributed by atoms with E-state index in [1.54, 1.807) is 0 Å². The molecule has 0 unspecified atom stereocenters. The molecule has 0 aliphatic carbocycles. The minimum absolute atomic E-state index is 0.211. The number of hydrogen-bond donors (Lipinski definition) is 0. The first-order chi connectivity index (χ1) is 38.8. The third kappa shape index (κ3) is 7.56. The highest BCUT2D eigenvalue weighted by atomic mass is 16.3. The van der Waals surface area contributed by atoms with E-state index in [2.05, 4.69) is 273 Å². The van der Waals surface area contributed by atoms with Gasteiger partial charge in [0.15, 0.2) is 11.2 Å². The lowest BCUT2D eigenvalue weighted by molar-refractivity contribution is 0.669. The van der Waals surface area contributed by atoms with Crippen molar-refractivity contribution < 1.29 is 8.83 Å². The molecule has 0 aliphatic rings. The Morgan fingerprint density at radius 3 is 1.04 bits per heavy atom. The van der Waals surface area contributed by atoms with Gasteiger partial charge in [-0.15, -0.1) is 0 Å². The second-order valence-corrected chi connectivity index (χ2v) is 23.1. The number of nitrogens with zero attached hydrogens (tertiary/aromatic N) is 2. The molecule has 2 aromatic heterocycles. The second-order valence-electron chi connectivity index (χ2n) is 23.1. The Labute approximate surface area is 468 Å². The molecule has 0 atom stereocenters. The normalized spacial score (nSPS) is 12.1. The predicted molar refractivity (Wildman–Crippen MR) is 342 cm³/mol. The van der Waals surface area contributed by atoms with Crippen LogP contribution in [0.25, 0.3) is 98.4 Å². The van der Waals surface area contributed by atoms with E-state index in [0.717, 1.165) is 89.1 Å². The SMILES string of the molecule is Cc1ccc(C)c(N(c2cc(C(C)C)c3ccc4c(N(c5cc(C)ccc5C)c5cccc6c5oc5c(-c7ccccc7C)cccc56)cc(C(C)C)c5ccc2c3c54)c2cccc3c2oc2c(-c4ccccc4C)cccc23)c1. The van der Waals surface area contributed by atoms with Crippen LogP contribution in [0.5, 0.6) is 0 Å². The maximum Gasteiger partial charge on any atom is 0.159 e. The van der Waals surface area contributed by atoms with Crippen molar-refractivity contribution in [1.82, 2.24) is 0 Å². The van der Waals surface area contributed by atoms with E-state index in [1.165, 1.54) is 88.0 Å². The summed E-state index contributed by atoms with van der Waals surface area (Å²) in [5.41, 5.74) is 24.3. The summed E-state index contributed by atoms with van der Waals surface area (Å²) in [5.74, 6) is 0.423. The molecule has 2 heterocycles. The Bertz CT molecular complexity index is 4510. The average Bonchev–Trinajstić information content (AvgIpc) is 4.19. The second kappa shape index (κ2) is 18.8. The smallest absolute Gasteiger partial charge is 0.159 e. The Hall–Kier alpha value is -9.12. The zero-order valence-electron chi connectivity index (χ0n) is 47.3. The van der Waals surface area contributed by atoms with Crippen molar-refractivity contribution in [3.05, 3.63) is 239 Å². The first-order valence-corrected chi connectivity index (χ1v) is 28.4. The van der Waals surface area contributed by atoms with E-state index in [1.807, 2.05) is 0 Å². The van der Waals surface area contributed by atoms with Crippen molar-refractivity contribution >= 4 is 110 Å². The minimum Gasteiger partial charge on any atom is -0.453 e. The molecule has 0 aliphatic heterocycles. The summed E-state index contributed by atoms with van der Waals surface area (Å²) >= 11 is 0. The van der Waals surface area contributed by atoms with Crippen molar-refractivity contribution in [2.75, 3.05) is 9.80 Å². The molecule has 4 nitrogen and oxygen atoms in total. The summed E-state index contributed by atoms with van der Waals surface area (Å²) in [6.07, 6.45) is 0. The first-order valence-electron chi connectivity index (χ1n) is 28.4. The van der Waals surface area contributed by atoms with Gasteiger partial charge in [-0.2, -0.15) is 0 Å². The van der Waals surface area contributed by atoms with Gasteiger partial charge in [-0.1, -0.05) is 185 Å². The van der Waals surface area contributed by atoms with Gasteiger partial charge < -0.3 is 18.6 Å². The summed E-state index contributed by atoms with van der Waals surface area (Å²) < 4.78 is 14.7. The van der Waals surface area contributed by atoms with Crippen LogP contribution < -0.4 is 9.80 Å². The highest BCUT2D eigenvalue weighted by Gasteiger charge is 2.30. The maximum atomic E-state index is 7.34. The highest BCUT2D eigenvalue weighted by molar-refractivity contribution is 6.30. The molecule has 0 spiro atoms. The van der Waals surface area contributed by atoms with Crippen LogP contribution in [-0.4, -0.2) is 0 Å². The van der Waals surface area contributed by atoms with E-state index in [9.17, 15) is 0 Å². The van der Waals surface area contributed by atoms with E-state index in [0.29, 0.717) is 0 Å². The molecule has 14 rings (SSSR count). The van der Waals surface area contributed by atoms with Crippen LogP contribution in [0.2, 0.25) is 0 Å². The fraction of sp³-hybridized carbons (Fsp3) is 0.158. The van der Waals surface area contributed by atoms with Crippen LogP contribution in [-0.2, 0) is 0 Å². The Morgan fingerprint density at radius 1 is 0.275 bits per heavy atom. The standard InChI is InChI=1S/C76H64N2O2/c1-43(2)63-41-69(77(67-39-45(5)31-33-49(67)9)65-29-17-27-59-57-25-15-23-55(73(57)79-75(59)65)51-21-13-11-19-47(51)7)61-38-36-54-64(44(3)4)42-70(62-37-35-53(63)71(61)72(54)62)78(68-40-46(6)32-34-50(68)10)66-30-18-28-60-58-26-16-24-56(74(58)80-76(60)66)52-22-14-12-20-48(52)8/h11-44H,1-10H3. The topological polar surface area (TPSA) is 32.8 Å². The monoisotopic (exact) mass is 1040 g/mol. The number of aryl methyl sites for hydroxylation is 6. The van der Waals surface area contributed by atoms with Gasteiger partial charge in [-0.25, -0.2) is 0 Å². The zero-order valence-corrected chi connectivity index (χ0v) is 47.3. The van der Waals surface area contributed by atoms with Gasteiger partial charge in [0, 0.05) is 54.8 Å². The minimum atomic E-state index is 0.211. The van der Waals surface area contributed by atoms with Crippen molar-refractivity contribution in [1.29, 1.82) is 0 Å². The van der Waals surface area contributed by atoms with Crippen LogP contribution in [0, 0.1) is 41.5 Å². The van der Waals surface area contributed by atoms with Crippen molar-refractivity contribution in [2.45, 2.75) is 81.1 Å². The van der Waals surface area contributed by atoms with Gasteiger partial charge in [0.1, 0.15) is 11.2 Å². The molecular weight excluding hydrogens is 973 g/mol. The molecule has 4 heteroatoms. The molecule has 0 N–H and O–H groups in total. The number of furan rings is 2. The Balaban J connectivity index is 1.09. The summed E-state index contributed by atoms with van der Waals surface area (Å²) in [7, 11) is 0. The van der Waals surface area contributed by atoms with Gasteiger partial charge in [0.25, 0.3) is 0 Å². The highest BCUT2D eigenvalue weighted by Crippen LogP contribution is 2.54. The summed E-state index contributed by atoms with van der Waals surface area (Å²) in [5, 5.41) is 11.8. The van der Waals surface area contributed by atoms with Crippen molar-refractivity contribution in [3.8, 4) is 22.3 Å². The zero-order chi connectivity index (χ0) is 54.8. The fourth-order valence-electron chi connectivity index (χ4n) is 13.2. The van der Waals surface area contributed by atoms with Crippen molar-refractivity contribution in [3.63, 3.8) is 0 Å². The molecule has 0 saturated carbocycles. The molecule has 0 bridgehead atoms. The summed E-state index contributed by atoms with van der Waals surface area (Å²) in [4.78, 5) is 5.02. The van der Waals surface area contributed by atoms with Crippen LogP contribution in [0.3, 0.4) is 0 Å². The predicted octanol–water partition coefficient (Wildman–Crippen LogP) is 22.8. The molecule has 80 heavy (non-hydrogen) atoms. The number of fused-ring (bicyclic) bond motifs is 6. The summed E-state index contributed by atoms with van der Waals surface area (Å²) in [6.45, 7) is 22.6. The lowest BCUT2D eigenvalue weighted by Crippen LogP contribution is -2.14. The molecular formula is C76H64N2O2. The first kappa shape index (κ1) is 49.2. The molecule has 12 aromatic carbocycles. The largest absolute Gasteiger partial charge is 0.453 e. The van der Waals surface area contributed by atoms with E-state index >= 15 is 0 Å². The van der Waals surface area contributed by atoms with Crippen LogP contribution >= 0.6 is 0 Å². The number of benzene rings is 12. The van der Waals surface area contributed by atoms with E-state index < -0.39 is 0 Å². The quantitative estimate of drug-likeness (QED) is 0.128. The third-order valence-electron chi connectivity index (χ3n) is 17.2.